The van der Waals surface area contributed by atoms with Gasteiger partial charge in [0.05, 0.1) is 25.4 Å². The molecule has 11 heteroatoms. The predicted octanol–water partition coefficient (Wildman–Crippen LogP) is 13.8. The van der Waals surface area contributed by atoms with E-state index in [1.54, 1.807) is 11.3 Å². The van der Waals surface area contributed by atoms with Crippen LogP contribution in [0.3, 0.4) is 0 Å². The molecule has 3 heterocycles. The minimum Gasteiger partial charge on any atom is -0.276 e. The molecule has 250 valence electrons. The summed E-state index contributed by atoms with van der Waals surface area (Å²) in [7, 11) is 0. The van der Waals surface area contributed by atoms with Crippen molar-refractivity contribution in [2.24, 2.45) is 0 Å². The van der Waals surface area contributed by atoms with Gasteiger partial charge in [-0.1, -0.05) is 163 Å². The van der Waals surface area contributed by atoms with Gasteiger partial charge in [-0.05, 0) is 48.7 Å². The Bertz CT molecular complexity index is 1160. The number of thioether (sulfide) groups is 8. The first kappa shape index (κ1) is 40.3. The van der Waals surface area contributed by atoms with Gasteiger partial charge in [-0.2, -0.15) is 0 Å². The largest absolute Gasteiger partial charge is 0.276 e. The van der Waals surface area contributed by atoms with Crippen LogP contribution in [0, 0.1) is 0 Å². The van der Waals surface area contributed by atoms with E-state index in [2.05, 4.69) is 51.2 Å². The number of rotatable bonds is 24. The molecule has 0 unspecified atom stereocenters. The minimum absolute atomic E-state index is 0.254. The van der Waals surface area contributed by atoms with E-state index in [0.717, 1.165) is 4.53 Å². The Morgan fingerprint density at radius 1 is 0.432 bits per heavy atom. The van der Waals surface area contributed by atoms with Crippen molar-refractivity contribution in [3.05, 3.63) is 34.9 Å². The quantitative estimate of drug-likeness (QED) is 0.0945. The summed E-state index contributed by atoms with van der Waals surface area (Å²) in [5.41, 5.74) is 0. The summed E-state index contributed by atoms with van der Waals surface area (Å²) in [6.07, 6.45) is 21.0. The Labute approximate surface area is 310 Å². The first-order chi connectivity index (χ1) is 21.6. The molecule has 44 heavy (non-hydrogen) atoms. The highest BCUT2D eigenvalue weighted by Gasteiger charge is 2.26. The Hall–Kier alpha value is 1.87. The van der Waals surface area contributed by atoms with Gasteiger partial charge in [0.2, 0.25) is 0 Å². The standard InChI is InChI=1S/C33H52OS10/c1-5-9-13-17-21-35-28-29(36-22-18-14-10-6-2)42-27(41-28)25-26(34)40-32(39-25)33-43-30(37-23-19-15-11-7-3)31(44-33)38-24-20-16-12-8-4/h5-24H2,1-4H3. The number of hydrogen-bond acceptors (Lipinski definition) is 11. The van der Waals surface area contributed by atoms with Crippen LogP contribution >= 0.6 is 117 Å². The van der Waals surface area contributed by atoms with Crippen LogP contribution in [0.5, 0.6) is 0 Å². The smallest absolute Gasteiger partial charge is 0.252 e. The molecule has 0 atom stereocenters. The minimum atomic E-state index is 0.254. The molecule has 1 aromatic heterocycles. The molecule has 0 saturated carbocycles. The van der Waals surface area contributed by atoms with E-state index in [-0.39, 0.29) is 4.74 Å². The van der Waals surface area contributed by atoms with Crippen LogP contribution < -0.4 is 13.1 Å². The SMILES string of the molecule is CCCCCCSC1=C(SCCCCCC)SC(=c2sc(=O)c(=C3SC(SCCCCCC)=C(SCCCCCC)S3)s2)S1. The molecular weight excluding hydrogens is 733 g/mol. The van der Waals surface area contributed by atoms with E-state index in [9.17, 15) is 4.79 Å². The molecule has 0 aromatic carbocycles. The second-order valence-corrected chi connectivity index (χ2v) is 23.2. The summed E-state index contributed by atoms with van der Waals surface area (Å²) in [6.45, 7) is 9.13. The van der Waals surface area contributed by atoms with Crippen molar-refractivity contribution in [3.8, 4) is 0 Å². The summed E-state index contributed by atoms with van der Waals surface area (Å²) in [5.74, 6) is 4.79. The molecule has 0 bridgehead atoms. The summed E-state index contributed by atoms with van der Waals surface area (Å²) in [6, 6.07) is 0. The van der Waals surface area contributed by atoms with Gasteiger partial charge >= 0.3 is 0 Å². The Morgan fingerprint density at radius 3 is 1.11 bits per heavy atom. The van der Waals surface area contributed by atoms with E-state index in [1.807, 2.05) is 70.6 Å². The van der Waals surface area contributed by atoms with Crippen LogP contribution in [-0.2, 0) is 0 Å². The molecule has 1 aromatic rings. The van der Waals surface area contributed by atoms with Crippen molar-refractivity contribution in [3.63, 3.8) is 0 Å². The van der Waals surface area contributed by atoms with Crippen LogP contribution in [0.2, 0.25) is 0 Å². The fourth-order valence-corrected chi connectivity index (χ4v) is 19.2. The average Bonchev–Trinajstić information content (AvgIpc) is 3.73. The van der Waals surface area contributed by atoms with Crippen molar-refractivity contribution >= 4 is 125 Å². The van der Waals surface area contributed by atoms with Crippen molar-refractivity contribution in [1.82, 2.24) is 0 Å². The summed E-state index contributed by atoms with van der Waals surface area (Å²) < 4.78 is 10.9. The number of unbranched alkanes of at least 4 members (excludes halogenated alkanes) is 12. The molecule has 0 N–H and O–H groups in total. The molecule has 1 nitrogen and oxygen atoms in total. The second-order valence-electron chi connectivity index (χ2n) is 10.9. The molecule has 2 aliphatic heterocycles. The fraction of sp³-hybridized carbons (Fsp3) is 0.727. The highest BCUT2D eigenvalue weighted by Crippen LogP contribution is 2.59. The zero-order valence-corrected chi connectivity index (χ0v) is 35.3. The lowest BCUT2D eigenvalue weighted by Gasteiger charge is -2.05. The van der Waals surface area contributed by atoms with Gasteiger partial charge in [-0.3, -0.25) is 4.79 Å². The molecule has 0 fully saturated rings. The highest BCUT2D eigenvalue weighted by molar-refractivity contribution is 8.46. The maximum Gasteiger partial charge on any atom is 0.252 e. The molecular formula is C33H52OS10. The van der Waals surface area contributed by atoms with Crippen LogP contribution in [0.1, 0.15) is 130 Å². The van der Waals surface area contributed by atoms with E-state index >= 15 is 0 Å². The number of hydrogen-bond donors (Lipinski definition) is 0. The average molecular weight is 785 g/mol. The third-order valence-electron chi connectivity index (χ3n) is 6.92. The normalized spacial score (nSPS) is 15.5. The topological polar surface area (TPSA) is 17.1 Å². The molecule has 2 aliphatic rings. The summed E-state index contributed by atoms with van der Waals surface area (Å²) in [4.78, 5) is 13.5. The lowest BCUT2D eigenvalue weighted by Crippen LogP contribution is -2.14. The van der Waals surface area contributed by atoms with Gasteiger partial charge in [0.1, 0.15) is 8.38 Å². The van der Waals surface area contributed by atoms with E-state index in [0.29, 0.717) is 0 Å². The monoisotopic (exact) mass is 784 g/mol. The van der Waals surface area contributed by atoms with Gasteiger partial charge < -0.3 is 0 Å². The van der Waals surface area contributed by atoms with Crippen LogP contribution in [0.15, 0.2) is 21.7 Å². The van der Waals surface area contributed by atoms with E-state index in [4.69, 9.17) is 0 Å². The third-order valence-corrected chi connectivity index (χ3v) is 21.5. The van der Waals surface area contributed by atoms with Crippen molar-refractivity contribution < 1.29 is 0 Å². The van der Waals surface area contributed by atoms with Gasteiger partial charge in [0.25, 0.3) is 4.74 Å². The highest BCUT2D eigenvalue weighted by atomic mass is 32.3. The Morgan fingerprint density at radius 2 is 0.773 bits per heavy atom. The van der Waals surface area contributed by atoms with E-state index in [1.165, 1.54) is 166 Å². The zero-order valence-electron chi connectivity index (χ0n) is 27.1. The predicted molar refractivity (Wildman–Crippen MR) is 225 cm³/mol. The van der Waals surface area contributed by atoms with Gasteiger partial charge in [0.15, 0.2) is 0 Å². The summed E-state index contributed by atoms with van der Waals surface area (Å²) in [5, 5.41) is 0. The van der Waals surface area contributed by atoms with Crippen LogP contribution in [0.4, 0.5) is 0 Å². The first-order valence-electron chi connectivity index (χ1n) is 16.7. The molecule has 0 aliphatic carbocycles. The molecule has 0 radical (unpaired) electrons. The third kappa shape index (κ3) is 14.8. The van der Waals surface area contributed by atoms with Crippen molar-refractivity contribution in [1.29, 1.82) is 0 Å². The maximum absolute atomic E-state index is 13.5. The zero-order chi connectivity index (χ0) is 31.4. The van der Waals surface area contributed by atoms with E-state index < -0.39 is 0 Å². The molecule has 0 amide bonds. The lowest BCUT2D eigenvalue weighted by molar-refractivity contribution is 0.707. The Kier molecular flexibility index (Phi) is 22.8. The maximum atomic E-state index is 13.5. The van der Waals surface area contributed by atoms with Crippen LogP contribution in [-0.4, -0.2) is 23.0 Å². The molecule has 0 spiro atoms. The first-order valence-corrected chi connectivity index (χ1v) is 25.5. The Balaban J connectivity index is 1.75. The molecule has 3 rings (SSSR count). The lowest BCUT2D eigenvalue weighted by atomic mass is 10.2. The van der Waals surface area contributed by atoms with Crippen molar-refractivity contribution in [2.45, 2.75) is 130 Å². The van der Waals surface area contributed by atoms with Crippen LogP contribution in [0.25, 0.3) is 8.47 Å². The van der Waals surface area contributed by atoms with Gasteiger partial charge in [0, 0.05) is 0 Å². The van der Waals surface area contributed by atoms with Crippen molar-refractivity contribution in [2.75, 3.05) is 23.0 Å². The van der Waals surface area contributed by atoms with Gasteiger partial charge in [-0.25, -0.2) is 0 Å². The second kappa shape index (κ2) is 24.9. The summed E-state index contributed by atoms with van der Waals surface area (Å²) >= 11 is 19.1. The molecule has 0 saturated heterocycles. The van der Waals surface area contributed by atoms with Gasteiger partial charge in [-0.15, -0.1) is 58.4 Å². The fourth-order valence-electron chi connectivity index (χ4n) is 4.34.